The molecule has 2 aliphatic heterocycles. The second-order valence-electron chi connectivity index (χ2n) is 5.79. The van der Waals surface area contributed by atoms with Gasteiger partial charge in [-0.3, -0.25) is 14.6 Å². The maximum atomic E-state index is 11.1. The normalized spacial score (nSPS) is 21.2. The molecule has 0 saturated carbocycles. The van der Waals surface area contributed by atoms with Gasteiger partial charge >= 0.3 is 0 Å². The highest BCUT2D eigenvalue weighted by Gasteiger charge is 2.27. The molecule has 0 spiro atoms. The van der Waals surface area contributed by atoms with E-state index in [4.69, 9.17) is 17.3 Å². The molecule has 114 valence electrons. The van der Waals surface area contributed by atoms with Crippen molar-refractivity contribution >= 4 is 17.5 Å². The fourth-order valence-electron chi connectivity index (χ4n) is 2.89. The first kappa shape index (κ1) is 14.8. The lowest BCUT2D eigenvalue weighted by Crippen LogP contribution is -2.61. The molecule has 0 aliphatic carbocycles. The lowest BCUT2D eigenvalue weighted by Gasteiger charge is -2.43. The number of amides is 1. The van der Waals surface area contributed by atoms with Crippen LogP contribution < -0.4 is 11.1 Å². The Hall–Kier alpha value is -1.14. The minimum Gasteiger partial charge on any atom is -0.366 e. The molecule has 21 heavy (non-hydrogen) atoms. The van der Waals surface area contributed by atoms with Crippen LogP contribution in [0.1, 0.15) is 15.9 Å². The number of carbonyl (C=O) groups excluding carboxylic acids is 1. The monoisotopic (exact) mass is 308 g/mol. The van der Waals surface area contributed by atoms with E-state index in [1.807, 2.05) is 6.07 Å². The van der Waals surface area contributed by atoms with E-state index in [1.165, 1.54) is 0 Å². The second kappa shape index (κ2) is 6.32. The zero-order valence-electron chi connectivity index (χ0n) is 12.0. The summed E-state index contributed by atoms with van der Waals surface area (Å²) in [6, 6.07) is 6.05. The van der Waals surface area contributed by atoms with Crippen molar-refractivity contribution in [3.63, 3.8) is 0 Å². The van der Waals surface area contributed by atoms with Crippen LogP contribution in [0.5, 0.6) is 0 Å². The second-order valence-corrected chi connectivity index (χ2v) is 6.20. The highest BCUT2D eigenvalue weighted by molar-refractivity contribution is 6.31. The molecule has 1 aromatic rings. The molecule has 0 bridgehead atoms. The molecule has 2 aliphatic rings. The van der Waals surface area contributed by atoms with Crippen LogP contribution in [0, 0.1) is 0 Å². The number of carbonyl (C=O) groups is 1. The topological polar surface area (TPSA) is 61.6 Å². The van der Waals surface area contributed by atoms with Crippen molar-refractivity contribution in [1.29, 1.82) is 0 Å². The summed E-state index contributed by atoms with van der Waals surface area (Å²) < 4.78 is 0. The Morgan fingerprint density at radius 3 is 2.52 bits per heavy atom. The third-order valence-corrected chi connectivity index (χ3v) is 4.77. The van der Waals surface area contributed by atoms with Gasteiger partial charge in [0.25, 0.3) is 0 Å². The van der Waals surface area contributed by atoms with E-state index in [-0.39, 0.29) is 0 Å². The number of piperazine rings is 1. The number of nitrogens with zero attached hydrogens (tertiary/aromatic N) is 2. The SMILES string of the molecule is NC(=O)c1ccc(CN2CCN(C3CNC3)CC2)c(Cl)c1. The quantitative estimate of drug-likeness (QED) is 0.852. The fourth-order valence-corrected chi connectivity index (χ4v) is 3.13. The lowest BCUT2D eigenvalue weighted by atomic mass is 10.1. The van der Waals surface area contributed by atoms with Crippen LogP contribution >= 0.6 is 11.6 Å². The predicted molar refractivity (Wildman–Crippen MR) is 83.5 cm³/mol. The molecule has 0 aromatic heterocycles. The van der Waals surface area contributed by atoms with Crippen molar-refractivity contribution in [2.45, 2.75) is 12.6 Å². The highest BCUT2D eigenvalue weighted by Crippen LogP contribution is 2.20. The molecule has 3 rings (SSSR count). The summed E-state index contributed by atoms with van der Waals surface area (Å²) in [6.07, 6.45) is 0. The van der Waals surface area contributed by atoms with Crippen LogP contribution in [0.3, 0.4) is 0 Å². The average molecular weight is 309 g/mol. The fraction of sp³-hybridized carbons (Fsp3) is 0.533. The van der Waals surface area contributed by atoms with Crippen molar-refractivity contribution in [3.8, 4) is 0 Å². The maximum Gasteiger partial charge on any atom is 0.248 e. The van der Waals surface area contributed by atoms with Crippen LogP contribution in [0.2, 0.25) is 5.02 Å². The third kappa shape index (κ3) is 3.37. The summed E-state index contributed by atoms with van der Waals surface area (Å²) >= 11 is 6.25. The van der Waals surface area contributed by atoms with Gasteiger partial charge in [-0.25, -0.2) is 0 Å². The molecule has 1 amide bonds. The number of primary amides is 1. The summed E-state index contributed by atoms with van der Waals surface area (Å²) in [4.78, 5) is 16.1. The van der Waals surface area contributed by atoms with Crippen molar-refractivity contribution in [1.82, 2.24) is 15.1 Å². The molecule has 0 unspecified atom stereocenters. The first-order valence-corrected chi connectivity index (χ1v) is 7.76. The summed E-state index contributed by atoms with van der Waals surface area (Å²) in [5.74, 6) is -0.439. The molecule has 2 fully saturated rings. The first-order valence-electron chi connectivity index (χ1n) is 7.39. The Morgan fingerprint density at radius 2 is 2.00 bits per heavy atom. The summed E-state index contributed by atoms with van der Waals surface area (Å²) in [5.41, 5.74) is 6.78. The minimum atomic E-state index is -0.439. The molecule has 0 atom stereocenters. The largest absolute Gasteiger partial charge is 0.366 e. The Balaban J connectivity index is 1.56. The molecule has 3 N–H and O–H groups in total. The highest BCUT2D eigenvalue weighted by atomic mass is 35.5. The van der Waals surface area contributed by atoms with Gasteiger partial charge in [-0.1, -0.05) is 17.7 Å². The first-order chi connectivity index (χ1) is 10.1. The van der Waals surface area contributed by atoms with Gasteiger partial charge in [0.1, 0.15) is 0 Å². The van der Waals surface area contributed by atoms with E-state index in [1.54, 1.807) is 12.1 Å². The number of benzene rings is 1. The Labute approximate surface area is 130 Å². The van der Waals surface area contributed by atoms with Crippen LogP contribution in [0.25, 0.3) is 0 Å². The predicted octanol–water partition coefficient (Wildman–Crippen LogP) is 0.528. The van der Waals surface area contributed by atoms with E-state index in [0.717, 1.165) is 57.4 Å². The molecule has 5 nitrogen and oxygen atoms in total. The van der Waals surface area contributed by atoms with Gasteiger partial charge in [0.15, 0.2) is 0 Å². The van der Waals surface area contributed by atoms with Gasteiger partial charge in [-0.15, -0.1) is 0 Å². The zero-order chi connectivity index (χ0) is 14.8. The third-order valence-electron chi connectivity index (χ3n) is 4.41. The number of hydrogen-bond donors (Lipinski definition) is 2. The maximum absolute atomic E-state index is 11.1. The molecule has 2 heterocycles. The van der Waals surface area contributed by atoms with Crippen LogP contribution in [-0.4, -0.2) is 61.0 Å². The van der Waals surface area contributed by atoms with Gasteiger partial charge in [0, 0.05) is 62.4 Å². The average Bonchev–Trinajstić information content (AvgIpc) is 2.41. The number of hydrogen-bond acceptors (Lipinski definition) is 4. The summed E-state index contributed by atoms with van der Waals surface area (Å²) in [5, 5.41) is 3.94. The van der Waals surface area contributed by atoms with Gasteiger partial charge in [0.2, 0.25) is 5.91 Å². The van der Waals surface area contributed by atoms with Crippen LogP contribution in [0.4, 0.5) is 0 Å². The Morgan fingerprint density at radius 1 is 1.29 bits per heavy atom. The van der Waals surface area contributed by atoms with Gasteiger partial charge < -0.3 is 11.1 Å². The van der Waals surface area contributed by atoms with Crippen LogP contribution in [0.15, 0.2) is 18.2 Å². The molecule has 1 aromatic carbocycles. The number of nitrogens with two attached hydrogens (primary N) is 1. The van der Waals surface area contributed by atoms with Gasteiger partial charge in [-0.05, 0) is 17.7 Å². The minimum absolute atomic E-state index is 0.439. The number of rotatable bonds is 4. The van der Waals surface area contributed by atoms with Crippen molar-refractivity contribution in [3.05, 3.63) is 34.3 Å². The van der Waals surface area contributed by atoms with E-state index in [9.17, 15) is 4.79 Å². The molecule has 2 saturated heterocycles. The van der Waals surface area contributed by atoms with Gasteiger partial charge in [-0.2, -0.15) is 0 Å². The van der Waals surface area contributed by atoms with E-state index in [2.05, 4.69) is 15.1 Å². The Bertz CT molecular complexity index is 524. The standard InChI is InChI=1S/C15H21ClN4O/c16-14-7-11(15(17)21)1-2-12(14)10-19-3-5-20(6-4-19)13-8-18-9-13/h1-2,7,13,18H,3-6,8-10H2,(H2,17,21). The smallest absolute Gasteiger partial charge is 0.248 e. The molecule has 6 heteroatoms. The molecular formula is C15H21ClN4O. The van der Waals surface area contributed by atoms with E-state index >= 15 is 0 Å². The molecular weight excluding hydrogens is 288 g/mol. The molecule has 0 radical (unpaired) electrons. The van der Waals surface area contributed by atoms with Crippen molar-refractivity contribution < 1.29 is 4.79 Å². The van der Waals surface area contributed by atoms with Crippen LogP contribution in [-0.2, 0) is 6.54 Å². The van der Waals surface area contributed by atoms with Crippen molar-refractivity contribution in [2.75, 3.05) is 39.3 Å². The number of nitrogens with one attached hydrogen (secondary N) is 1. The van der Waals surface area contributed by atoms with Crippen molar-refractivity contribution in [2.24, 2.45) is 5.73 Å². The van der Waals surface area contributed by atoms with Gasteiger partial charge in [0.05, 0.1) is 0 Å². The Kier molecular flexibility index (Phi) is 4.45. The van der Waals surface area contributed by atoms with E-state index in [0.29, 0.717) is 10.6 Å². The summed E-state index contributed by atoms with van der Waals surface area (Å²) in [6.45, 7) is 7.43. The number of halogens is 1. The van der Waals surface area contributed by atoms with E-state index < -0.39 is 5.91 Å². The lowest BCUT2D eigenvalue weighted by molar-refractivity contribution is 0.0696. The zero-order valence-corrected chi connectivity index (χ0v) is 12.8. The summed E-state index contributed by atoms with van der Waals surface area (Å²) in [7, 11) is 0.